The third-order valence-electron chi connectivity index (χ3n) is 4.07. The van der Waals surface area contributed by atoms with Gasteiger partial charge in [-0.05, 0) is 36.2 Å². The molecule has 0 aliphatic heterocycles. The third kappa shape index (κ3) is 4.96. The molecule has 1 atom stereocenters. The molecule has 26 heavy (non-hydrogen) atoms. The zero-order chi connectivity index (χ0) is 19.3. The number of hydrogen-bond acceptors (Lipinski definition) is 2. The number of nitrogens with zero attached hydrogens (tertiary/aromatic N) is 1. The summed E-state index contributed by atoms with van der Waals surface area (Å²) in [5.74, 6) is -1.16. The largest absolute Gasteiger partial charge is 0.357 e. The normalized spacial score (nSPS) is 11.7. The topological polar surface area (TPSA) is 49.4 Å². The molecule has 2 aromatic rings. The molecular formula is C19H19Cl2FN2O2. The molecule has 0 saturated carbocycles. The van der Waals surface area contributed by atoms with Crippen molar-refractivity contribution in [2.24, 2.45) is 0 Å². The minimum Gasteiger partial charge on any atom is -0.357 e. The highest BCUT2D eigenvalue weighted by molar-refractivity contribution is 6.35. The number of benzene rings is 2. The molecule has 2 rings (SSSR count). The minimum atomic E-state index is -0.744. The van der Waals surface area contributed by atoms with Crippen LogP contribution in [0, 0.1) is 5.82 Å². The van der Waals surface area contributed by atoms with Crippen molar-refractivity contribution in [1.29, 1.82) is 0 Å². The number of carbonyl (C=O) groups is 2. The highest BCUT2D eigenvalue weighted by Crippen LogP contribution is 2.23. The first-order chi connectivity index (χ1) is 12.3. The number of rotatable bonds is 6. The fourth-order valence-corrected chi connectivity index (χ4v) is 3.00. The van der Waals surface area contributed by atoms with Crippen LogP contribution in [0.15, 0.2) is 42.5 Å². The molecule has 0 bridgehead atoms. The molecule has 0 fully saturated rings. The summed E-state index contributed by atoms with van der Waals surface area (Å²) in [4.78, 5) is 26.3. The summed E-state index contributed by atoms with van der Waals surface area (Å²) in [7, 11) is 1.49. The Balaban J connectivity index is 2.29. The van der Waals surface area contributed by atoms with Gasteiger partial charge >= 0.3 is 0 Å². The molecule has 0 aromatic heterocycles. The molecule has 4 nitrogen and oxygen atoms in total. The van der Waals surface area contributed by atoms with E-state index in [-0.39, 0.29) is 30.3 Å². The van der Waals surface area contributed by atoms with Gasteiger partial charge in [-0.2, -0.15) is 0 Å². The van der Waals surface area contributed by atoms with Gasteiger partial charge in [0.1, 0.15) is 11.9 Å². The maximum atomic E-state index is 13.9. The van der Waals surface area contributed by atoms with Crippen LogP contribution in [0.4, 0.5) is 4.39 Å². The number of halogens is 3. The van der Waals surface area contributed by atoms with Crippen LogP contribution in [0.2, 0.25) is 10.0 Å². The Morgan fingerprint density at radius 2 is 1.85 bits per heavy atom. The minimum absolute atomic E-state index is 0.109. The van der Waals surface area contributed by atoms with Crippen LogP contribution in [0.25, 0.3) is 0 Å². The summed E-state index contributed by atoms with van der Waals surface area (Å²) in [5.41, 5.74) is 0.919. The van der Waals surface area contributed by atoms with Crippen molar-refractivity contribution in [3.63, 3.8) is 0 Å². The van der Waals surface area contributed by atoms with Gasteiger partial charge in [0.05, 0.1) is 6.42 Å². The van der Waals surface area contributed by atoms with E-state index in [1.54, 1.807) is 43.3 Å². The van der Waals surface area contributed by atoms with Gasteiger partial charge in [-0.1, -0.05) is 47.5 Å². The van der Waals surface area contributed by atoms with E-state index in [9.17, 15) is 14.0 Å². The van der Waals surface area contributed by atoms with Crippen LogP contribution in [-0.2, 0) is 22.6 Å². The van der Waals surface area contributed by atoms with Crippen molar-refractivity contribution in [3.8, 4) is 0 Å². The Hall–Kier alpha value is -2.11. The Morgan fingerprint density at radius 3 is 2.46 bits per heavy atom. The van der Waals surface area contributed by atoms with E-state index in [0.29, 0.717) is 15.6 Å². The zero-order valence-corrected chi connectivity index (χ0v) is 15.9. The van der Waals surface area contributed by atoms with Gasteiger partial charge in [0.2, 0.25) is 11.8 Å². The summed E-state index contributed by atoms with van der Waals surface area (Å²) in [6, 6.07) is 10.2. The molecule has 0 spiro atoms. The molecule has 2 amide bonds. The second kappa shape index (κ2) is 9.01. The van der Waals surface area contributed by atoms with E-state index in [0.717, 1.165) is 0 Å². The SMILES string of the molecule is CNC(=O)C(C)N(Cc1ccc(Cl)cc1Cl)C(=O)Cc1ccccc1F. The second-order valence-corrected chi connectivity index (χ2v) is 6.66. The lowest BCUT2D eigenvalue weighted by Crippen LogP contribution is -2.47. The van der Waals surface area contributed by atoms with Crippen LogP contribution >= 0.6 is 23.2 Å². The highest BCUT2D eigenvalue weighted by Gasteiger charge is 2.26. The average Bonchev–Trinajstić information content (AvgIpc) is 2.61. The first-order valence-corrected chi connectivity index (χ1v) is 8.77. The summed E-state index contributed by atoms with van der Waals surface area (Å²) >= 11 is 12.1. The fraction of sp³-hybridized carbons (Fsp3) is 0.263. The average molecular weight is 397 g/mol. The third-order valence-corrected chi connectivity index (χ3v) is 4.66. The highest BCUT2D eigenvalue weighted by atomic mass is 35.5. The molecule has 1 N–H and O–H groups in total. The molecular weight excluding hydrogens is 378 g/mol. The standard InChI is InChI=1S/C19H19Cl2FN2O2/c1-12(19(26)23-2)24(11-14-7-8-15(20)10-16(14)21)18(25)9-13-5-3-4-6-17(13)22/h3-8,10,12H,9,11H2,1-2H3,(H,23,26). The first-order valence-electron chi connectivity index (χ1n) is 8.02. The smallest absolute Gasteiger partial charge is 0.242 e. The molecule has 0 aliphatic carbocycles. The van der Waals surface area contributed by atoms with Gasteiger partial charge in [0.25, 0.3) is 0 Å². The number of hydrogen-bond donors (Lipinski definition) is 1. The molecule has 0 saturated heterocycles. The summed E-state index contributed by atoms with van der Waals surface area (Å²) in [6.45, 7) is 1.72. The van der Waals surface area contributed by atoms with E-state index in [2.05, 4.69) is 5.32 Å². The lowest BCUT2D eigenvalue weighted by atomic mass is 10.1. The molecule has 0 radical (unpaired) electrons. The lowest BCUT2D eigenvalue weighted by molar-refractivity contribution is -0.139. The van der Waals surface area contributed by atoms with Crippen molar-refractivity contribution >= 4 is 35.0 Å². The Labute approximate surface area is 161 Å². The Kier molecular flexibility index (Phi) is 7.00. The molecule has 2 aromatic carbocycles. The maximum Gasteiger partial charge on any atom is 0.242 e. The van der Waals surface area contributed by atoms with Gasteiger partial charge in [-0.3, -0.25) is 9.59 Å². The fourth-order valence-electron chi connectivity index (χ4n) is 2.53. The second-order valence-electron chi connectivity index (χ2n) is 5.82. The van der Waals surface area contributed by atoms with Gasteiger partial charge in [0.15, 0.2) is 0 Å². The van der Waals surface area contributed by atoms with Crippen LogP contribution in [0.3, 0.4) is 0 Å². The van der Waals surface area contributed by atoms with Crippen molar-refractivity contribution in [2.45, 2.75) is 25.9 Å². The number of nitrogens with one attached hydrogen (secondary N) is 1. The monoisotopic (exact) mass is 396 g/mol. The molecule has 1 unspecified atom stereocenters. The predicted molar refractivity (Wildman–Crippen MR) is 101 cm³/mol. The molecule has 7 heteroatoms. The molecule has 0 heterocycles. The van der Waals surface area contributed by atoms with Crippen LogP contribution < -0.4 is 5.32 Å². The van der Waals surface area contributed by atoms with Gasteiger partial charge in [-0.25, -0.2) is 4.39 Å². The van der Waals surface area contributed by atoms with E-state index in [1.807, 2.05) is 0 Å². The van der Waals surface area contributed by atoms with E-state index in [1.165, 1.54) is 18.0 Å². The first kappa shape index (κ1) is 20.2. The summed E-state index contributed by atoms with van der Waals surface area (Å²) < 4.78 is 13.9. The lowest BCUT2D eigenvalue weighted by Gasteiger charge is -2.29. The Bertz CT molecular complexity index is 814. The molecule has 0 aliphatic rings. The van der Waals surface area contributed by atoms with E-state index in [4.69, 9.17) is 23.2 Å². The van der Waals surface area contributed by atoms with Crippen LogP contribution in [0.5, 0.6) is 0 Å². The van der Waals surface area contributed by atoms with Crippen LogP contribution in [-0.4, -0.2) is 29.8 Å². The number of carbonyl (C=O) groups excluding carboxylic acids is 2. The Morgan fingerprint density at radius 1 is 1.15 bits per heavy atom. The predicted octanol–water partition coefficient (Wildman–Crippen LogP) is 3.84. The zero-order valence-electron chi connectivity index (χ0n) is 14.4. The maximum absolute atomic E-state index is 13.9. The van der Waals surface area contributed by atoms with Crippen molar-refractivity contribution in [3.05, 3.63) is 69.5 Å². The van der Waals surface area contributed by atoms with Gasteiger partial charge in [-0.15, -0.1) is 0 Å². The van der Waals surface area contributed by atoms with Crippen molar-refractivity contribution in [1.82, 2.24) is 10.2 Å². The van der Waals surface area contributed by atoms with Gasteiger partial charge in [0, 0.05) is 23.6 Å². The van der Waals surface area contributed by atoms with Crippen molar-refractivity contribution < 1.29 is 14.0 Å². The van der Waals surface area contributed by atoms with Crippen LogP contribution in [0.1, 0.15) is 18.1 Å². The number of likely N-dealkylation sites (N-methyl/N-ethyl adjacent to an activating group) is 1. The van der Waals surface area contributed by atoms with E-state index >= 15 is 0 Å². The molecule has 138 valence electrons. The number of amides is 2. The summed E-state index contributed by atoms with van der Waals surface area (Å²) in [5, 5.41) is 3.39. The van der Waals surface area contributed by atoms with E-state index < -0.39 is 11.9 Å². The van der Waals surface area contributed by atoms with Crippen molar-refractivity contribution in [2.75, 3.05) is 7.05 Å². The van der Waals surface area contributed by atoms with Gasteiger partial charge < -0.3 is 10.2 Å². The quantitative estimate of drug-likeness (QED) is 0.806. The summed E-state index contributed by atoms with van der Waals surface area (Å²) in [6.07, 6.45) is -0.154.